The van der Waals surface area contributed by atoms with Crippen molar-refractivity contribution in [3.05, 3.63) is 23.7 Å². The van der Waals surface area contributed by atoms with Crippen LogP contribution in [-0.2, 0) is 11.2 Å². The molecule has 0 radical (unpaired) electrons. The summed E-state index contributed by atoms with van der Waals surface area (Å²) in [5.41, 5.74) is 1.57. The lowest BCUT2D eigenvalue weighted by molar-refractivity contribution is -0.116. The molecule has 78 valence electrons. The molecule has 0 aromatic carbocycles. The SMILES string of the molecule is O=C(CCc1ncc[nH]1)Nc1nncs1. The molecule has 2 rings (SSSR count). The number of carbonyl (C=O) groups is 1. The lowest BCUT2D eigenvalue weighted by Crippen LogP contribution is -2.12. The van der Waals surface area contributed by atoms with Crippen molar-refractivity contribution in [2.45, 2.75) is 12.8 Å². The monoisotopic (exact) mass is 223 g/mol. The third-order valence-electron chi connectivity index (χ3n) is 1.75. The number of carbonyl (C=O) groups excluding carboxylic acids is 1. The van der Waals surface area contributed by atoms with Gasteiger partial charge in [0.15, 0.2) is 0 Å². The maximum absolute atomic E-state index is 11.4. The highest BCUT2D eigenvalue weighted by molar-refractivity contribution is 7.13. The molecule has 0 aliphatic carbocycles. The number of aromatic nitrogens is 4. The molecule has 15 heavy (non-hydrogen) atoms. The number of H-pyrrole nitrogens is 1. The van der Waals surface area contributed by atoms with Gasteiger partial charge >= 0.3 is 0 Å². The zero-order valence-corrected chi connectivity index (χ0v) is 8.62. The average molecular weight is 223 g/mol. The number of nitrogens with zero attached hydrogens (tertiary/aromatic N) is 3. The fourth-order valence-electron chi connectivity index (χ4n) is 1.08. The lowest BCUT2D eigenvalue weighted by atomic mass is 10.3. The van der Waals surface area contributed by atoms with Crippen LogP contribution in [0.4, 0.5) is 5.13 Å². The van der Waals surface area contributed by atoms with E-state index in [0.717, 1.165) is 5.82 Å². The minimum atomic E-state index is -0.0804. The third kappa shape index (κ3) is 2.84. The summed E-state index contributed by atoms with van der Waals surface area (Å²) in [5, 5.41) is 10.5. The minimum Gasteiger partial charge on any atom is -0.349 e. The normalized spacial score (nSPS) is 10.1. The van der Waals surface area contributed by atoms with Gasteiger partial charge < -0.3 is 10.3 Å². The Bertz CT molecular complexity index is 410. The Morgan fingerprint density at radius 3 is 3.20 bits per heavy atom. The van der Waals surface area contributed by atoms with Crippen LogP contribution in [0.3, 0.4) is 0 Å². The number of imidazole rings is 1. The molecule has 0 aliphatic heterocycles. The summed E-state index contributed by atoms with van der Waals surface area (Å²) in [7, 11) is 0. The first-order valence-electron chi connectivity index (χ1n) is 4.39. The topological polar surface area (TPSA) is 83.6 Å². The van der Waals surface area contributed by atoms with E-state index in [9.17, 15) is 4.79 Å². The van der Waals surface area contributed by atoms with Crippen molar-refractivity contribution >= 4 is 22.4 Å². The molecule has 0 bridgehead atoms. The van der Waals surface area contributed by atoms with Crippen LogP contribution in [0.5, 0.6) is 0 Å². The van der Waals surface area contributed by atoms with Gasteiger partial charge in [-0.2, -0.15) is 0 Å². The molecule has 0 saturated heterocycles. The second-order valence-electron chi connectivity index (χ2n) is 2.83. The second-order valence-corrected chi connectivity index (χ2v) is 3.66. The number of rotatable bonds is 4. The third-order valence-corrected chi connectivity index (χ3v) is 2.36. The molecule has 2 heterocycles. The summed E-state index contributed by atoms with van der Waals surface area (Å²) in [6.45, 7) is 0. The van der Waals surface area contributed by atoms with Crippen molar-refractivity contribution in [1.82, 2.24) is 20.2 Å². The summed E-state index contributed by atoms with van der Waals surface area (Å²) < 4.78 is 0. The van der Waals surface area contributed by atoms with Gasteiger partial charge in [-0.15, -0.1) is 10.2 Å². The molecule has 6 nitrogen and oxygen atoms in total. The van der Waals surface area contributed by atoms with E-state index < -0.39 is 0 Å². The maximum atomic E-state index is 11.4. The fraction of sp³-hybridized carbons (Fsp3) is 0.250. The Kier molecular flexibility index (Phi) is 3.03. The van der Waals surface area contributed by atoms with Gasteiger partial charge in [0, 0.05) is 25.2 Å². The Balaban J connectivity index is 1.78. The molecule has 2 aromatic heterocycles. The van der Waals surface area contributed by atoms with Gasteiger partial charge in [0.1, 0.15) is 11.3 Å². The average Bonchev–Trinajstić information content (AvgIpc) is 2.86. The number of amides is 1. The van der Waals surface area contributed by atoms with E-state index in [1.165, 1.54) is 11.3 Å². The number of aryl methyl sites for hydroxylation is 1. The zero-order valence-electron chi connectivity index (χ0n) is 7.80. The van der Waals surface area contributed by atoms with E-state index in [4.69, 9.17) is 0 Å². The molecule has 1 amide bonds. The van der Waals surface area contributed by atoms with Gasteiger partial charge in [0.05, 0.1) is 0 Å². The number of aromatic amines is 1. The second kappa shape index (κ2) is 4.65. The minimum absolute atomic E-state index is 0.0804. The van der Waals surface area contributed by atoms with Gasteiger partial charge in [0.25, 0.3) is 0 Å². The van der Waals surface area contributed by atoms with Crippen LogP contribution in [0.25, 0.3) is 0 Å². The molecule has 0 spiro atoms. The van der Waals surface area contributed by atoms with Crippen LogP contribution in [0.2, 0.25) is 0 Å². The van der Waals surface area contributed by atoms with E-state index in [2.05, 4.69) is 25.5 Å². The van der Waals surface area contributed by atoms with Gasteiger partial charge in [-0.1, -0.05) is 11.3 Å². The summed E-state index contributed by atoms with van der Waals surface area (Å²) in [4.78, 5) is 18.4. The molecular weight excluding hydrogens is 214 g/mol. The summed E-state index contributed by atoms with van der Waals surface area (Å²) in [5.74, 6) is 0.727. The largest absolute Gasteiger partial charge is 0.349 e. The first-order chi connectivity index (χ1) is 7.34. The molecule has 7 heteroatoms. The molecule has 2 N–H and O–H groups in total. The zero-order chi connectivity index (χ0) is 10.5. The highest BCUT2D eigenvalue weighted by atomic mass is 32.1. The van der Waals surface area contributed by atoms with Crippen molar-refractivity contribution in [2.24, 2.45) is 0 Å². The van der Waals surface area contributed by atoms with Crippen LogP contribution in [0.15, 0.2) is 17.9 Å². The highest BCUT2D eigenvalue weighted by Gasteiger charge is 2.05. The Labute approximate surface area is 89.8 Å². The summed E-state index contributed by atoms with van der Waals surface area (Å²) >= 11 is 1.30. The van der Waals surface area contributed by atoms with Crippen molar-refractivity contribution in [3.63, 3.8) is 0 Å². The summed E-state index contributed by atoms with van der Waals surface area (Å²) in [6.07, 6.45) is 4.38. The van der Waals surface area contributed by atoms with Crippen LogP contribution in [-0.4, -0.2) is 26.1 Å². The Morgan fingerprint density at radius 1 is 1.60 bits per heavy atom. The summed E-state index contributed by atoms with van der Waals surface area (Å²) in [6, 6.07) is 0. The Hall–Kier alpha value is -1.76. The van der Waals surface area contributed by atoms with E-state index in [1.54, 1.807) is 17.9 Å². The maximum Gasteiger partial charge on any atom is 0.226 e. The molecular formula is C8H9N5OS. The molecule has 0 atom stereocenters. The highest BCUT2D eigenvalue weighted by Crippen LogP contribution is 2.08. The van der Waals surface area contributed by atoms with E-state index in [1.807, 2.05) is 0 Å². The van der Waals surface area contributed by atoms with Crippen LogP contribution < -0.4 is 5.32 Å². The number of anilines is 1. The van der Waals surface area contributed by atoms with E-state index in [0.29, 0.717) is 18.0 Å². The number of nitrogens with one attached hydrogen (secondary N) is 2. The number of hydrogen-bond donors (Lipinski definition) is 2. The first-order valence-corrected chi connectivity index (χ1v) is 5.27. The van der Waals surface area contributed by atoms with Crippen LogP contribution in [0, 0.1) is 0 Å². The van der Waals surface area contributed by atoms with Crippen LogP contribution >= 0.6 is 11.3 Å². The number of hydrogen-bond acceptors (Lipinski definition) is 5. The molecule has 0 saturated carbocycles. The smallest absolute Gasteiger partial charge is 0.226 e. The Morgan fingerprint density at radius 2 is 2.53 bits per heavy atom. The molecule has 2 aromatic rings. The van der Waals surface area contributed by atoms with Crippen molar-refractivity contribution in [3.8, 4) is 0 Å². The van der Waals surface area contributed by atoms with Crippen LogP contribution in [0.1, 0.15) is 12.2 Å². The molecule has 0 fully saturated rings. The van der Waals surface area contributed by atoms with Crippen molar-refractivity contribution in [1.29, 1.82) is 0 Å². The van der Waals surface area contributed by atoms with Crippen molar-refractivity contribution in [2.75, 3.05) is 5.32 Å². The molecule has 0 unspecified atom stereocenters. The van der Waals surface area contributed by atoms with Crippen molar-refractivity contribution < 1.29 is 4.79 Å². The first kappa shape index (κ1) is 9.78. The standard InChI is InChI=1S/C8H9N5OS/c14-7(12-8-13-11-5-15-8)2-1-6-9-3-4-10-6/h3-5H,1-2H2,(H,9,10)(H,12,13,14). The quantitative estimate of drug-likeness (QED) is 0.804. The van der Waals surface area contributed by atoms with Gasteiger partial charge in [-0.3, -0.25) is 4.79 Å². The molecule has 0 aliphatic rings. The predicted molar refractivity (Wildman–Crippen MR) is 55.4 cm³/mol. The lowest BCUT2D eigenvalue weighted by Gasteiger charge is -1.98. The van der Waals surface area contributed by atoms with Gasteiger partial charge in [-0.05, 0) is 0 Å². The van der Waals surface area contributed by atoms with Gasteiger partial charge in [0.2, 0.25) is 11.0 Å². The van der Waals surface area contributed by atoms with E-state index in [-0.39, 0.29) is 5.91 Å². The predicted octanol–water partition coefficient (Wildman–Crippen LogP) is 0.832. The van der Waals surface area contributed by atoms with Gasteiger partial charge in [-0.25, -0.2) is 4.98 Å². The van der Waals surface area contributed by atoms with E-state index >= 15 is 0 Å². The fourth-order valence-corrected chi connectivity index (χ4v) is 1.54.